The molecule has 0 aromatic carbocycles. The molecule has 1 aromatic heterocycles. The summed E-state index contributed by atoms with van der Waals surface area (Å²) in [6, 6.07) is 1.18. The Morgan fingerprint density at radius 2 is 1.95 bits per heavy atom. The first-order valence-corrected chi connectivity index (χ1v) is 8.01. The van der Waals surface area contributed by atoms with Gasteiger partial charge in [-0.3, -0.25) is 9.58 Å². The molecule has 1 aliphatic heterocycles. The fraction of sp³-hybridized carbons (Fsp3) is 0.727. The molecule has 19 heavy (non-hydrogen) atoms. The number of aromatic nitrogens is 2. The number of piperidine rings is 1. The van der Waals surface area contributed by atoms with Gasteiger partial charge in [0, 0.05) is 26.2 Å². The van der Waals surface area contributed by atoms with E-state index in [-0.39, 0.29) is 10.2 Å². The molecular weight excluding hydrogens is 293 g/mol. The van der Waals surface area contributed by atoms with Crippen molar-refractivity contribution in [2.75, 3.05) is 13.1 Å². The van der Waals surface area contributed by atoms with Gasteiger partial charge in [-0.05, 0) is 19.8 Å². The second-order valence-electron chi connectivity index (χ2n) is 4.85. The van der Waals surface area contributed by atoms with E-state index in [0.717, 1.165) is 30.9 Å². The number of halogens is 2. The second kappa shape index (κ2) is 5.03. The normalized spacial score (nSPS) is 21.3. The van der Waals surface area contributed by atoms with Crippen molar-refractivity contribution in [2.24, 2.45) is 7.05 Å². The van der Waals surface area contributed by atoms with E-state index >= 15 is 0 Å². The standard InChI is InChI=1S/C11H17ClFN3O2S/c1-11(13,16-6-4-3-5-7-16)19(17,18)10-8-9(12)14-15(10)2/h8H,3-7H2,1-2H3. The average Bonchev–Trinajstić information content (AvgIpc) is 2.70. The molecular formula is C11H17ClFN3O2S. The van der Waals surface area contributed by atoms with Gasteiger partial charge in [-0.2, -0.15) is 5.10 Å². The van der Waals surface area contributed by atoms with E-state index < -0.39 is 15.0 Å². The number of alkyl halides is 1. The van der Waals surface area contributed by atoms with Crippen LogP contribution in [0, 0.1) is 0 Å². The summed E-state index contributed by atoms with van der Waals surface area (Å²) in [5.41, 5.74) is 0. The van der Waals surface area contributed by atoms with Crippen molar-refractivity contribution in [3.8, 4) is 0 Å². The molecule has 2 heterocycles. The van der Waals surface area contributed by atoms with Crippen LogP contribution in [0.2, 0.25) is 5.15 Å². The van der Waals surface area contributed by atoms with E-state index in [0.29, 0.717) is 13.1 Å². The Hall–Kier alpha value is -0.660. The molecule has 0 bridgehead atoms. The number of likely N-dealkylation sites (tertiary alicyclic amines) is 1. The Labute approximate surface area is 117 Å². The Bertz CT molecular complexity index is 564. The van der Waals surface area contributed by atoms with Crippen LogP contribution in [0.15, 0.2) is 11.1 Å². The molecule has 8 heteroatoms. The van der Waals surface area contributed by atoms with Gasteiger partial charge >= 0.3 is 0 Å². The molecule has 1 atom stereocenters. The molecule has 1 unspecified atom stereocenters. The summed E-state index contributed by atoms with van der Waals surface area (Å²) < 4.78 is 40.9. The van der Waals surface area contributed by atoms with Crippen LogP contribution < -0.4 is 0 Å². The zero-order valence-electron chi connectivity index (χ0n) is 10.9. The van der Waals surface area contributed by atoms with E-state index in [9.17, 15) is 12.8 Å². The number of sulfone groups is 1. The molecule has 0 aliphatic carbocycles. The highest BCUT2D eigenvalue weighted by atomic mass is 35.5. The maximum Gasteiger partial charge on any atom is 0.268 e. The third kappa shape index (κ3) is 2.51. The van der Waals surface area contributed by atoms with Crippen molar-refractivity contribution >= 4 is 21.4 Å². The SMILES string of the molecule is Cn1nc(Cl)cc1S(=O)(=O)C(C)(F)N1CCCCC1. The third-order valence-corrected chi connectivity index (χ3v) is 5.85. The van der Waals surface area contributed by atoms with E-state index in [4.69, 9.17) is 11.6 Å². The van der Waals surface area contributed by atoms with Gasteiger partial charge in [0.25, 0.3) is 5.12 Å². The summed E-state index contributed by atoms with van der Waals surface area (Å²) in [4.78, 5) is 1.37. The van der Waals surface area contributed by atoms with Crippen LogP contribution in [0.1, 0.15) is 26.2 Å². The van der Waals surface area contributed by atoms with Gasteiger partial charge in [0.2, 0.25) is 9.84 Å². The van der Waals surface area contributed by atoms with Gasteiger partial charge in [0.15, 0.2) is 10.2 Å². The van der Waals surface area contributed by atoms with Gasteiger partial charge in [0.1, 0.15) is 0 Å². The molecule has 1 aromatic rings. The van der Waals surface area contributed by atoms with E-state index in [1.165, 1.54) is 18.0 Å². The Morgan fingerprint density at radius 1 is 1.37 bits per heavy atom. The van der Waals surface area contributed by atoms with Gasteiger partial charge in [0.05, 0.1) is 0 Å². The summed E-state index contributed by atoms with van der Waals surface area (Å²) in [5.74, 6) is 0. The van der Waals surface area contributed by atoms with Crippen molar-refractivity contribution in [3.63, 3.8) is 0 Å². The molecule has 0 amide bonds. The van der Waals surface area contributed by atoms with E-state index in [2.05, 4.69) is 5.10 Å². The van der Waals surface area contributed by atoms with Gasteiger partial charge in [-0.25, -0.2) is 12.8 Å². The molecule has 1 aliphatic rings. The zero-order chi connectivity index (χ0) is 14.3. The molecule has 1 saturated heterocycles. The van der Waals surface area contributed by atoms with Crippen molar-refractivity contribution in [1.82, 2.24) is 14.7 Å². The number of hydrogen-bond acceptors (Lipinski definition) is 4. The highest BCUT2D eigenvalue weighted by Gasteiger charge is 2.47. The van der Waals surface area contributed by atoms with Crippen molar-refractivity contribution in [3.05, 3.63) is 11.2 Å². The monoisotopic (exact) mass is 309 g/mol. The fourth-order valence-electron chi connectivity index (χ4n) is 2.32. The Morgan fingerprint density at radius 3 is 2.42 bits per heavy atom. The van der Waals surface area contributed by atoms with Crippen molar-refractivity contribution in [2.45, 2.75) is 36.3 Å². The second-order valence-corrected chi connectivity index (χ2v) is 7.41. The number of hydrogen-bond donors (Lipinski definition) is 0. The lowest BCUT2D eigenvalue weighted by Gasteiger charge is -2.36. The van der Waals surface area contributed by atoms with Crippen LogP contribution in [-0.2, 0) is 16.9 Å². The molecule has 0 saturated carbocycles. The maximum atomic E-state index is 14.9. The molecule has 5 nitrogen and oxygen atoms in total. The summed E-state index contributed by atoms with van der Waals surface area (Å²) in [7, 11) is -2.74. The van der Waals surface area contributed by atoms with Crippen LogP contribution in [-0.4, -0.2) is 41.3 Å². The smallest absolute Gasteiger partial charge is 0.258 e. The predicted octanol–water partition coefficient (Wildman–Crippen LogP) is 1.98. The lowest BCUT2D eigenvalue weighted by molar-refractivity contribution is 0.0387. The van der Waals surface area contributed by atoms with Crippen molar-refractivity contribution in [1.29, 1.82) is 0 Å². The van der Waals surface area contributed by atoms with E-state index in [1.807, 2.05) is 0 Å². The first kappa shape index (κ1) is 14.7. The summed E-state index contributed by atoms with van der Waals surface area (Å²) in [5, 5.41) is 1.15. The average molecular weight is 310 g/mol. The summed E-state index contributed by atoms with van der Waals surface area (Å²) >= 11 is 5.68. The minimum atomic E-state index is -4.17. The molecule has 108 valence electrons. The maximum absolute atomic E-state index is 14.9. The topological polar surface area (TPSA) is 55.2 Å². The van der Waals surface area contributed by atoms with Crippen LogP contribution in [0.5, 0.6) is 0 Å². The van der Waals surface area contributed by atoms with Gasteiger partial charge in [-0.15, -0.1) is 0 Å². The van der Waals surface area contributed by atoms with Crippen LogP contribution >= 0.6 is 11.6 Å². The number of aryl methyl sites for hydroxylation is 1. The summed E-state index contributed by atoms with van der Waals surface area (Å²) in [6.07, 6.45) is 2.62. The molecule has 1 fully saturated rings. The zero-order valence-corrected chi connectivity index (χ0v) is 12.5. The third-order valence-electron chi connectivity index (χ3n) is 3.49. The lowest BCUT2D eigenvalue weighted by atomic mass is 10.1. The molecule has 0 spiro atoms. The van der Waals surface area contributed by atoms with Crippen LogP contribution in [0.3, 0.4) is 0 Å². The number of rotatable bonds is 3. The summed E-state index contributed by atoms with van der Waals surface area (Å²) in [6.45, 7) is 1.98. The van der Waals surface area contributed by atoms with Crippen molar-refractivity contribution < 1.29 is 12.8 Å². The highest BCUT2D eigenvalue weighted by molar-refractivity contribution is 7.92. The minimum absolute atomic E-state index is 0.0375. The minimum Gasteiger partial charge on any atom is -0.258 e. The Kier molecular flexibility index (Phi) is 3.90. The molecule has 0 radical (unpaired) electrons. The fourth-order valence-corrected chi connectivity index (χ4v) is 4.16. The van der Waals surface area contributed by atoms with Crippen LogP contribution in [0.25, 0.3) is 0 Å². The first-order chi connectivity index (χ1) is 8.76. The van der Waals surface area contributed by atoms with Gasteiger partial charge in [-0.1, -0.05) is 18.0 Å². The van der Waals surface area contributed by atoms with Crippen LogP contribution in [0.4, 0.5) is 4.39 Å². The Balaban J connectivity index is 2.40. The van der Waals surface area contributed by atoms with E-state index in [1.54, 1.807) is 0 Å². The molecule has 0 N–H and O–H groups in total. The quantitative estimate of drug-likeness (QED) is 0.801. The molecule has 2 rings (SSSR count). The highest BCUT2D eigenvalue weighted by Crippen LogP contribution is 2.33. The largest absolute Gasteiger partial charge is 0.268 e. The lowest BCUT2D eigenvalue weighted by Crippen LogP contribution is -2.51. The predicted molar refractivity (Wildman–Crippen MR) is 70.3 cm³/mol. The van der Waals surface area contributed by atoms with Gasteiger partial charge < -0.3 is 0 Å². The number of nitrogens with zero attached hydrogens (tertiary/aromatic N) is 3. The first-order valence-electron chi connectivity index (χ1n) is 6.15.